The molecular weight excluding hydrogens is 318 g/mol. The second-order valence-electron chi connectivity index (χ2n) is 6.34. The summed E-state index contributed by atoms with van der Waals surface area (Å²) in [4.78, 5) is 41.6. The molecule has 130 valence electrons. The zero-order valence-electron chi connectivity index (χ0n) is 14.3. The van der Waals surface area contributed by atoms with Gasteiger partial charge in [-0.15, -0.1) is 0 Å². The number of fused-ring (bicyclic) bond motifs is 1. The minimum atomic E-state index is -0.603. The average Bonchev–Trinajstić information content (AvgIpc) is 2.76. The van der Waals surface area contributed by atoms with Crippen molar-refractivity contribution >= 4 is 17.5 Å². The van der Waals surface area contributed by atoms with E-state index in [2.05, 4.69) is 10.3 Å². The van der Waals surface area contributed by atoms with Crippen molar-refractivity contribution in [3.63, 3.8) is 0 Å². The van der Waals surface area contributed by atoms with Crippen molar-refractivity contribution < 1.29 is 9.59 Å². The van der Waals surface area contributed by atoms with Crippen LogP contribution in [-0.4, -0.2) is 27.7 Å². The number of aromatic nitrogens is 1. The Balaban J connectivity index is 2.06. The molecule has 0 saturated heterocycles. The number of hydrogen-bond donors (Lipinski definition) is 2. The molecule has 1 aromatic carbocycles. The fourth-order valence-electron chi connectivity index (χ4n) is 3.12. The minimum Gasteiger partial charge on any atom is -0.324 e. The van der Waals surface area contributed by atoms with Gasteiger partial charge in [0.25, 0.3) is 5.91 Å². The molecule has 6 nitrogen and oxygen atoms in total. The summed E-state index contributed by atoms with van der Waals surface area (Å²) in [6, 6.07) is 11.3. The van der Waals surface area contributed by atoms with E-state index in [9.17, 15) is 14.4 Å². The van der Waals surface area contributed by atoms with E-state index in [1.165, 1.54) is 12.1 Å². The van der Waals surface area contributed by atoms with Crippen LogP contribution < -0.4 is 10.9 Å². The zero-order chi connectivity index (χ0) is 18.0. The highest BCUT2D eigenvalue weighted by molar-refractivity contribution is 6.02. The van der Waals surface area contributed by atoms with Crippen LogP contribution in [0.2, 0.25) is 0 Å². The van der Waals surface area contributed by atoms with Crippen LogP contribution in [0, 0.1) is 5.92 Å². The molecule has 2 amide bonds. The lowest BCUT2D eigenvalue weighted by Gasteiger charge is -2.32. The first kappa shape index (κ1) is 17.0. The van der Waals surface area contributed by atoms with Crippen LogP contribution in [0.4, 0.5) is 5.69 Å². The Morgan fingerprint density at radius 1 is 1.20 bits per heavy atom. The monoisotopic (exact) mass is 339 g/mol. The maximum absolute atomic E-state index is 13.1. The van der Waals surface area contributed by atoms with Crippen molar-refractivity contribution in [1.29, 1.82) is 0 Å². The second kappa shape index (κ2) is 6.93. The Hall–Kier alpha value is -2.89. The predicted molar refractivity (Wildman–Crippen MR) is 95.3 cm³/mol. The molecule has 1 aliphatic rings. The van der Waals surface area contributed by atoms with Crippen LogP contribution in [-0.2, 0) is 11.3 Å². The van der Waals surface area contributed by atoms with Crippen molar-refractivity contribution in [3.05, 3.63) is 64.1 Å². The summed E-state index contributed by atoms with van der Waals surface area (Å²) in [5, 5.41) is 2.93. The van der Waals surface area contributed by atoms with E-state index in [1.54, 1.807) is 11.0 Å². The molecule has 2 aromatic rings. The summed E-state index contributed by atoms with van der Waals surface area (Å²) >= 11 is 0. The predicted octanol–water partition coefficient (Wildman–Crippen LogP) is 2.38. The molecule has 0 spiro atoms. The Labute approximate surface area is 145 Å². The molecule has 1 aliphatic heterocycles. The SMILES string of the molecule is CC[C@H](C)[C@H]1C(=O)Nc2ccccc2CN1C(=O)c1cccc(=O)[nH]1. The van der Waals surface area contributed by atoms with Crippen molar-refractivity contribution in [1.82, 2.24) is 9.88 Å². The van der Waals surface area contributed by atoms with Gasteiger partial charge >= 0.3 is 0 Å². The molecule has 0 unspecified atom stereocenters. The summed E-state index contributed by atoms with van der Waals surface area (Å²) in [5.74, 6) is -0.575. The molecule has 1 aromatic heterocycles. The highest BCUT2D eigenvalue weighted by atomic mass is 16.2. The van der Waals surface area contributed by atoms with Gasteiger partial charge < -0.3 is 15.2 Å². The first-order valence-corrected chi connectivity index (χ1v) is 8.40. The smallest absolute Gasteiger partial charge is 0.271 e. The van der Waals surface area contributed by atoms with Crippen LogP contribution in [0.1, 0.15) is 36.3 Å². The van der Waals surface area contributed by atoms with Crippen LogP contribution in [0.3, 0.4) is 0 Å². The van der Waals surface area contributed by atoms with Gasteiger partial charge in [-0.1, -0.05) is 44.5 Å². The van der Waals surface area contributed by atoms with Crippen LogP contribution in [0.15, 0.2) is 47.3 Å². The van der Waals surface area contributed by atoms with Gasteiger partial charge in [-0.05, 0) is 23.6 Å². The number of pyridine rings is 1. The van der Waals surface area contributed by atoms with E-state index in [-0.39, 0.29) is 29.0 Å². The molecule has 0 saturated carbocycles. The number of anilines is 1. The number of aromatic amines is 1. The summed E-state index contributed by atoms with van der Waals surface area (Å²) < 4.78 is 0. The Kier molecular flexibility index (Phi) is 4.70. The number of nitrogens with zero attached hydrogens (tertiary/aromatic N) is 1. The third kappa shape index (κ3) is 3.33. The summed E-state index contributed by atoms with van der Waals surface area (Å²) in [5.41, 5.74) is 1.43. The highest BCUT2D eigenvalue weighted by Crippen LogP contribution is 2.28. The van der Waals surface area contributed by atoms with Gasteiger partial charge in [0.1, 0.15) is 11.7 Å². The molecular formula is C19H21N3O3. The second-order valence-corrected chi connectivity index (χ2v) is 6.34. The third-order valence-corrected chi connectivity index (χ3v) is 4.66. The maximum Gasteiger partial charge on any atom is 0.271 e. The van der Waals surface area contributed by atoms with Crippen molar-refractivity contribution in [3.8, 4) is 0 Å². The quantitative estimate of drug-likeness (QED) is 0.901. The number of hydrogen-bond acceptors (Lipinski definition) is 3. The van der Waals surface area contributed by atoms with Gasteiger partial charge in [0.15, 0.2) is 0 Å². The topological polar surface area (TPSA) is 82.3 Å². The van der Waals surface area contributed by atoms with Crippen molar-refractivity contribution in [2.75, 3.05) is 5.32 Å². The van der Waals surface area contributed by atoms with Crippen LogP contribution in [0.25, 0.3) is 0 Å². The number of H-pyrrole nitrogens is 1. The standard InChI is InChI=1S/C19H21N3O3/c1-3-12(2)17-18(24)21-14-8-5-4-7-13(14)11-22(17)19(25)15-9-6-10-16(23)20-15/h4-10,12,17H,3,11H2,1-2H3,(H,20,23)(H,21,24)/t12-,17-/m0/s1. The highest BCUT2D eigenvalue weighted by Gasteiger charge is 2.37. The molecule has 0 fully saturated rings. The van der Waals surface area contributed by atoms with Crippen LogP contribution >= 0.6 is 0 Å². The fraction of sp³-hybridized carbons (Fsp3) is 0.316. The van der Waals surface area contributed by atoms with Gasteiger partial charge in [-0.3, -0.25) is 14.4 Å². The molecule has 0 aliphatic carbocycles. The Bertz CT molecular complexity index is 859. The minimum absolute atomic E-state index is 0.0197. The summed E-state index contributed by atoms with van der Waals surface area (Å²) in [6.45, 7) is 4.25. The molecule has 25 heavy (non-hydrogen) atoms. The number of rotatable bonds is 3. The fourth-order valence-corrected chi connectivity index (χ4v) is 3.12. The van der Waals surface area contributed by atoms with Gasteiger partial charge in [0.05, 0.1) is 0 Å². The number of benzene rings is 1. The van der Waals surface area contributed by atoms with E-state index in [4.69, 9.17) is 0 Å². The molecule has 2 heterocycles. The normalized spacial score (nSPS) is 18.1. The molecule has 3 rings (SSSR count). The maximum atomic E-state index is 13.1. The lowest BCUT2D eigenvalue weighted by Crippen LogP contribution is -2.49. The van der Waals surface area contributed by atoms with E-state index in [0.717, 1.165) is 17.7 Å². The lowest BCUT2D eigenvalue weighted by atomic mass is 9.96. The van der Waals surface area contributed by atoms with Gasteiger partial charge in [-0.25, -0.2) is 0 Å². The first-order chi connectivity index (χ1) is 12.0. The largest absolute Gasteiger partial charge is 0.324 e. The third-order valence-electron chi connectivity index (χ3n) is 4.66. The van der Waals surface area contributed by atoms with Crippen LogP contribution in [0.5, 0.6) is 0 Å². The van der Waals surface area contributed by atoms with E-state index in [0.29, 0.717) is 6.54 Å². The molecule has 6 heteroatoms. The molecule has 0 bridgehead atoms. The van der Waals surface area contributed by atoms with Gasteiger partial charge in [-0.2, -0.15) is 0 Å². The Morgan fingerprint density at radius 2 is 1.96 bits per heavy atom. The average molecular weight is 339 g/mol. The molecule has 0 radical (unpaired) electrons. The number of carbonyl (C=O) groups excluding carboxylic acids is 2. The van der Waals surface area contributed by atoms with E-state index >= 15 is 0 Å². The zero-order valence-corrected chi connectivity index (χ0v) is 14.3. The van der Waals surface area contributed by atoms with E-state index < -0.39 is 6.04 Å². The van der Waals surface area contributed by atoms with Gasteiger partial charge in [0.2, 0.25) is 11.5 Å². The number of carbonyl (C=O) groups is 2. The molecule has 2 atom stereocenters. The Morgan fingerprint density at radius 3 is 2.68 bits per heavy atom. The number of nitrogens with one attached hydrogen (secondary N) is 2. The lowest BCUT2D eigenvalue weighted by molar-refractivity contribution is -0.122. The van der Waals surface area contributed by atoms with Crippen molar-refractivity contribution in [2.45, 2.75) is 32.9 Å². The number of para-hydroxylation sites is 1. The molecule has 2 N–H and O–H groups in total. The first-order valence-electron chi connectivity index (χ1n) is 8.40. The van der Waals surface area contributed by atoms with Crippen molar-refractivity contribution in [2.24, 2.45) is 5.92 Å². The number of amides is 2. The van der Waals surface area contributed by atoms with Gasteiger partial charge in [0, 0.05) is 18.3 Å². The summed E-state index contributed by atoms with van der Waals surface area (Å²) in [6.07, 6.45) is 0.753. The van der Waals surface area contributed by atoms with E-state index in [1.807, 2.05) is 38.1 Å². The summed E-state index contributed by atoms with van der Waals surface area (Å²) in [7, 11) is 0.